The van der Waals surface area contributed by atoms with Gasteiger partial charge in [0.2, 0.25) is 0 Å². The molecule has 8 nitrogen and oxygen atoms in total. The summed E-state index contributed by atoms with van der Waals surface area (Å²) in [6.45, 7) is 3.71. The third-order valence-corrected chi connectivity index (χ3v) is 7.12. The largest absolute Gasteiger partial charge is 0.361 e. The van der Waals surface area contributed by atoms with Gasteiger partial charge in [0, 0.05) is 29.4 Å². The molecule has 2 N–H and O–H groups in total. The van der Waals surface area contributed by atoms with Crippen LogP contribution in [0.4, 0.5) is 0 Å². The highest BCUT2D eigenvalue weighted by molar-refractivity contribution is 7.83. The Morgan fingerprint density at radius 2 is 2.03 bits per heavy atom. The van der Waals surface area contributed by atoms with Crippen LogP contribution in [0.5, 0.6) is 0 Å². The Hall–Kier alpha value is -3.04. The van der Waals surface area contributed by atoms with Crippen molar-refractivity contribution in [2.75, 3.05) is 0 Å². The molecule has 160 valence electrons. The van der Waals surface area contributed by atoms with E-state index in [1.54, 1.807) is 29.4 Å². The molecular formula is C22H23N5O3S. The van der Waals surface area contributed by atoms with Crippen molar-refractivity contribution in [1.29, 1.82) is 0 Å². The van der Waals surface area contributed by atoms with Gasteiger partial charge in [-0.3, -0.25) is 4.79 Å². The molecule has 0 aliphatic heterocycles. The molecule has 0 bridgehead atoms. The smallest absolute Gasteiger partial charge is 0.272 e. The number of aromatic amines is 1. The molecule has 0 spiro atoms. The van der Waals surface area contributed by atoms with Crippen LogP contribution in [-0.4, -0.2) is 29.9 Å². The Labute approximate surface area is 181 Å². The predicted octanol–water partition coefficient (Wildman–Crippen LogP) is 3.54. The van der Waals surface area contributed by atoms with Gasteiger partial charge in [0.1, 0.15) is 22.4 Å². The van der Waals surface area contributed by atoms with Gasteiger partial charge in [-0.1, -0.05) is 18.0 Å². The number of benzene rings is 1. The number of nitrogens with one attached hydrogen (secondary N) is 2. The Morgan fingerprint density at radius 1 is 1.23 bits per heavy atom. The molecule has 31 heavy (non-hydrogen) atoms. The summed E-state index contributed by atoms with van der Waals surface area (Å²) in [5, 5.41) is 4.77. The summed E-state index contributed by atoms with van der Waals surface area (Å²) in [4.78, 5) is 20.4. The molecule has 0 amide bonds. The minimum absolute atomic E-state index is 0.231. The molecule has 3 heterocycles. The zero-order valence-electron chi connectivity index (χ0n) is 17.3. The molecule has 0 radical (unpaired) electrons. The fourth-order valence-corrected chi connectivity index (χ4v) is 5.58. The summed E-state index contributed by atoms with van der Waals surface area (Å²) < 4.78 is 23.7. The van der Waals surface area contributed by atoms with Crippen LogP contribution < -0.4 is 10.3 Å². The summed E-state index contributed by atoms with van der Waals surface area (Å²) >= 11 is 0. The molecule has 3 aromatic heterocycles. The Kier molecular flexibility index (Phi) is 5.07. The van der Waals surface area contributed by atoms with E-state index in [1.807, 2.05) is 26.0 Å². The minimum Gasteiger partial charge on any atom is -0.361 e. The van der Waals surface area contributed by atoms with E-state index in [0.29, 0.717) is 21.9 Å². The normalized spacial score (nSPS) is 15.7. The van der Waals surface area contributed by atoms with Crippen molar-refractivity contribution in [3.63, 3.8) is 0 Å². The highest BCUT2D eigenvalue weighted by Crippen LogP contribution is 2.33. The van der Waals surface area contributed by atoms with E-state index >= 15 is 0 Å². The number of hydrogen-bond donors (Lipinski definition) is 2. The Bertz CT molecular complexity index is 1310. The first-order chi connectivity index (χ1) is 15.0. The van der Waals surface area contributed by atoms with Gasteiger partial charge in [-0.15, -0.1) is 0 Å². The SMILES string of the molecule is Cc1noc(C)c1-c1cc(S(=O)NC2CCCC2)c2cc(-n3ccnc3)c(=O)[nH]c2c1. The van der Waals surface area contributed by atoms with Gasteiger partial charge in [0.05, 0.1) is 22.4 Å². The fourth-order valence-electron chi connectivity index (χ4n) is 4.31. The van der Waals surface area contributed by atoms with Gasteiger partial charge in [0.25, 0.3) is 5.56 Å². The molecule has 4 aromatic rings. The molecular weight excluding hydrogens is 414 g/mol. The molecule has 9 heteroatoms. The second kappa shape index (κ2) is 7.90. The van der Waals surface area contributed by atoms with Crippen molar-refractivity contribution in [2.45, 2.75) is 50.5 Å². The maximum Gasteiger partial charge on any atom is 0.272 e. The first kappa shape index (κ1) is 19.9. The van der Waals surface area contributed by atoms with Gasteiger partial charge >= 0.3 is 0 Å². The van der Waals surface area contributed by atoms with E-state index in [4.69, 9.17) is 4.52 Å². The lowest BCUT2D eigenvalue weighted by Crippen LogP contribution is -2.28. The monoisotopic (exact) mass is 437 g/mol. The zero-order chi connectivity index (χ0) is 21.5. The lowest BCUT2D eigenvalue weighted by molar-refractivity contribution is 0.393. The highest BCUT2D eigenvalue weighted by Gasteiger charge is 2.22. The van der Waals surface area contributed by atoms with E-state index in [1.165, 1.54) is 0 Å². The number of aryl methyl sites for hydroxylation is 2. The molecule has 1 aliphatic rings. The Morgan fingerprint density at radius 3 is 2.71 bits per heavy atom. The van der Waals surface area contributed by atoms with Crippen LogP contribution in [0.15, 0.2) is 51.1 Å². The number of fused-ring (bicyclic) bond motifs is 1. The third kappa shape index (κ3) is 3.64. The van der Waals surface area contributed by atoms with Gasteiger partial charge in [-0.2, -0.15) is 0 Å². The molecule has 5 rings (SSSR count). The lowest BCUT2D eigenvalue weighted by Gasteiger charge is -2.15. The van der Waals surface area contributed by atoms with Crippen LogP contribution in [0, 0.1) is 13.8 Å². The zero-order valence-corrected chi connectivity index (χ0v) is 18.2. The number of H-pyrrole nitrogens is 1. The molecule has 1 saturated carbocycles. The standard InChI is InChI=1S/C22H23N5O3S/c1-13-21(14(2)30-25-13)15-9-18-17(11-19(22(28)24-18)27-8-7-23-12-27)20(10-15)31(29)26-16-5-3-4-6-16/h7-12,16,26H,3-6H2,1-2H3,(H,24,28). The van der Waals surface area contributed by atoms with Crippen molar-refractivity contribution in [3.05, 3.63) is 58.7 Å². The number of hydrogen-bond acceptors (Lipinski definition) is 5. The molecule has 1 aliphatic carbocycles. The first-order valence-electron chi connectivity index (χ1n) is 10.3. The summed E-state index contributed by atoms with van der Waals surface area (Å²) in [6, 6.07) is 5.80. The molecule has 1 fully saturated rings. The van der Waals surface area contributed by atoms with Gasteiger partial charge in [-0.25, -0.2) is 13.9 Å². The van der Waals surface area contributed by atoms with Crippen molar-refractivity contribution >= 4 is 21.9 Å². The summed E-state index contributed by atoms with van der Waals surface area (Å²) in [5.74, 6) is 0.676. The quantitative estimate of drug-likeness (QED) is 0.497. The molecule has 1 aromatic carbocycles. The topological polar surface area (TPSA) is 106 Å². The average molecular weight is 438 g/mol. The van der Waals surface area contributed by atoms with Crippen LogP contribution in [0.3, 0.4) is 0 Å². The van der Waals surface area contributed by atoms with E-state index < -0.39 is 11.0 Å². The summed E-state index contributed by atoms with van der Waals surface area (Å²) in [7, 11) is -1.44. The van der Waals surface area contributed by atoms with Crippen LogP contribution in [0.1, 0.15) is 37.1 Å². The maximum absolute atomic E-state index is 13.4. The number of rotatable bonds is 5. The van der Waals surface area contributed by atoms with Crippen LogP contribution >= 0.6 is 0 Å². The van der Waals surface area contributed by atoms with Gasteiger partial charge < -0.3 is 14.1 Å². The summed E-state index contributed by atoms with van der Waals surface area (Å²) in [5.41, 5.74) is 3.20. The molecule has 1 unspecified atom stereocenters. The number of nitrogens with zero attached hydrogens (tertiary/aromatic N) is 3. The van der Waals surface area contributed by atoms with Crippen molar-refractivity contribution in [3.8, 4) is 16.8 Å². The molecule has 1 atom stereocenters. The molecule has 0 saturated heterocycles. The van der Waals surface area contributed by atoms with E-state index in [0.717, 1.165) is 47.9 Å². The number of pyridine rings is 1. The van der Waals surface area contributed by atoms with E-state index in [-0.39, 0.29) is 11.6 Å². The fraction of sp³-hybridized carbons (Fsp3) is 0.318. The third-order valence-electron chi connectivity index (χ3n) is 5.84. The van der Waals surface area contributed by atoms with Crippen LogP contribution in [0.2, 0.25) is 0 Å². The maximum atomic E-state index is 13.4. The van der Waals surface area contributed by atoms with E-state index in [2.05, 4.69) is 19.8 Å². The van der Waals surface area contributed by atoms with Crippen LogP contribution in [0.25, 0.3) is 27.7 Å². The predicted molar refractivity (Wildman–Crippen MR) is 118 cm³/mol. The van der Waals surface area contributed by atoms with Gasteiger partial charge in [-0.05, 0) is 50.5 Å². The minimum atomic E-state index is -1.44. The second-order valence-electron chi connectivity index (χ2n) is 7.96. The lowest BCUT2D eigenvalue weighted by atomic mass is 10.0. The van der Waals surface area contributed by atoms with Crippen molar-refractivity contribution in [1.82, 2.24) is 24.4 Å². The van der Waals surface area contributed by atoms with Crippen molar-refractivity contribution in [2.24, 2.45) is 0 Å². The number of imidazole rings is 1. The highest BCUT2D eigenvalue weighted by atomic mass is 32.2. The Balaban J connectivity index is 1.72. The number of aromatic nitrogens is 4. The second-order valence-corrected chi connectivity index (χ2v) is 9.17. The summed E-state index contributed by atoms with van der Waals surface area (Å²) in [6.07, 6.45) is 9.23. The van der Waals surface area contributed by atoms with Gasteiger partial charge in [0.15, 0.2) is 0 Å². The first-order valence-corrected chi connectivity index (χ1v) is 11.5. The van der Waals surface area contributed by atoms with Crippen LogP contribution in [-0.2, 0) is 11.0 Å². The average Bonchev–Trinajstić information content (AvgIpc) is 3.50. The van der Waals surface area contributed by atoms with Crippen molar-refractivity contribution < 1.29 is 8.73 Å². The van der Waals surface area contributed by atoms with E-state index in [9.17, 15) is 9.00 Å².